The molecule has 0 bridgehead atoms. The quantitative estimate of drug-likeness (QED) is 0.765. The van der Waals surface area contributed by atoms with Crippen LogP contribution in [0.2, 0.25) is 0 Å². The second-order valence-corrected chi connectivity index (χ2v) is 8.60. The first-order chi connectivity index (χ1) is 14.5. The summed E-state index contributed by atoms with van der Waals surface area (Å²) >= 11 is 0. The van der Waals surface area contributed by atoms with Crippen molar-refractivity contribution in [2.24, 2.45) is 0 Å². The van der Waals surface area contributed by atoms with Crippen molar-refractivity contribution < 1.29 is 32.2 Å². The Labute approximate surface area is 174 Å². The number of morpholine rings is 1. The Morgan fingerprint density at radius 2 is 1.73 bits per heavy atom. The van der Waals surface area contributed by atoms with E-state index in [1.807, 2.05) is 0 Å². The van der Waals surface area contributed by atoms with Gasteiger partial charge in [0.1, 0.15) is 23.9 Å². The SMILES string of the molecule is COc1ccc(NC(=O)c2ccc3c(c2)OCCO3)cc1S(=O)(=O)N1CCOCC1. The Bertz CT molecular complexity index is 1050. The lowest BCUT2D eigenvalue weighted by Gasteiger charge is -2.26. The molecule has 10 heteroatoms. The fourth-order valence-electron chi connectivity index (χ4n) is 3.27. The first kappa shape index (κ1) is 20.5. The zero-order valence-corrected chi connectivity index (χ0v) is 17.2. The van der Waals surface area contributed by atoms with Gasteiger partial charge in [0, 0.05) is 24.3 Å². The summed E-state index contributed by atoms with van der Waals surface area (Å²) in [6.45, 7) is 2.08. The van der Waals surface area contributed by atoms with Crippen molar-refractivity contribution in [3.05, 3.63) is 42.0 Å². The van der Waals surface area contributed by atoms with Crippen LogP contribution in [0.1, 0.15) is 10.4 Å². The van der Waals surface area contributed by atoms with Crippen LogP contribution >= 0.6 is 0 Å². The molecule has 0 aromatic heterocycles. The number of carbonyl (C=O) groups excluding carboxylic acids is 1. The normalized spacial score (nSPS) is 16.7. The molecule has 4 rings (SSSR count). The predicted molar refractivity (Wildman–Crippen MR) is 108 cm³/mol. The number of anilines is 1. The molecule has 2 aromatic rings. The molecule has 9 nitrogen and oxygen atoms in total. The molecule has 1 amide bonds. The van der Waals surface area contributed by atoms with E-state index in [1.54, 1.807) is 24.3 Å². The van der Waals surface area contributed by atoms with E-state index in [2.05, 4.69) is 5.32 Å². The van der Waals surface area contributed by atoms with Crippen LogP contribution in [0, 0.1) is 0 Å². The van der Waals surface area contributed by atoms with Gasteiger partial charge in [0.2, 0.25) is 10.0 Å². The van der Waals surface area contributed by atoms with Gasteiger partial charge in [-0.05, 0) is 36.4 Å². The van der Waals surface area contributed by atoms with Gasteiger partial charge in [0.15, 0.2) is 11.5 Å². The average Bonchev–Trinajstić information content (AvgIpc) is 2.79. The molecule has 0 aliphatic carbocycles. The average molecular weight is 434 g/mol. The molecule has 1 N–H and O–H groups in total. The van der Waals surface area contributed by atoms with E-state index < -0.39 is 15.9 Å². The molecule has 2 aromatic carbocycles. The second kappa shape index (κ2) is 8.50. The number of hydrogen-bond donors (Lipinski definition) is 1. The molecule has 0 spiro atoms. The molecule has 1 saturated heterocycles. The summed E-state index contributed by atoms with van der Waals surface area (Å²) in [5.74, 6) is 0.894. The van der Waals surface area contributed by atoms with E-state index in [4.69, 9.17) is 18.9 Å². The molecule has 0 radical (unpaired) electrons. The lowest BCUT2D eigenvalue weighted by Crippen LogP contribution is -2.40. The van der Waals surface area contributed by atoms with Crippen molar-refractivity contribution in [3.8, 4) is 17.2 Å². The van der Waals surface area contributed by atoms with Crippen LogP contribution in [0.5, 0.6) is 17.2 Å². The molecule has 1 fully saturated rings. The first-order valence-corrected chi connectivity index (χ1v) is 10.9. The van der Waals surface area contributed by atoms with Crippen molar-refractivity contribution in [3.63, 3.8) is 0 Å². The van der Waals surface area contributed by atoms with Crippen LogP contribution < -0.4 is 19.5 Å². The minimum Gasteiger partial charge on any atom is -0.495 e. The number of benzene rings is 2. The lowest BCUT2D eigenvalue weighted by molar-refractivity contribution is 0.0729. The molecule has 2 aliphatic heterocycles. The minimum atomic E-state index is -3.80. The first-order valence-electron chi connectivity index (χ1n) is 9.46. The third kappa shape index (κ3) is 4.07. The summed E-state index contributed by atoms with van der Waals surface area (Å²) in [6, 6.07) is 9.40. The highest BCUT2D eigenvalue weighted by Crippen LogP contribution is 2.32. The van der Waals surface area contributed by atoms with Gasteiger partial charge < -0.3 is 24.3 Å². The van der Waals surface area contributed by atoms with Crippen LogP contribution in [-0.2, 0) is 14.8 Å². The number of methoxy groups -OCH3 is 1. The van der Waals surface area contributed by atoms with E-state index >= 15 is 0 Å². The topological polar surface area (TPSA) is 103 Å². The van der Waals surface area contributed by atoms with E-state index in [9.17, 15) is 13.2 Å². The van der Waals surface area contributed by atoms with Crippen LogP contribution in [0.15, 0.2) is 41.3 Å². The summed E-state index contributed by atoms with van der Waals surface area (Å²) < 4.78 is 49.0. The monoisotopic (exact) mass is 434 g/mol. The highest BCUT2D eigenvalue weighted by atomic mass is 32.2. The second-order valence-electron chi connectivity index (χ2n) is 6.69. The van der Waals surface area contributed by atoms with Gasteiger partial charge in [-0.2, -0.15) is 4.31 Å². The van der Waals surface area contributed by atoms with Gasteiger partial charge in [0.05, 0.1) is 20.3 Å². The molecule has 0 saturated carbocycles. The van der Waals surface area contributed by atoms with Crippen molar-refractivity contribution in [1.29, 1.82) is 0 Å². The van der Waals surface area contributed by atoms with E-state index in [1.165, 1.54) is 23.5 Å². The van der Waals surface area contributed by atoms with Gasteiger partial charge >= 0.3 is 0 Å². The maximum atomic E-state index is 13.1. The van der Waals surface area contributed by atoms with Gasteiger partial charge in [-0.25, -0.2) is 8.42 Å². The highest BCUT2D eigenvalue weighted by Gasteiger charge is 2.29. The largest absolute Gasteiger partial charge is 0.495 e. The number of nitrogens with one attached hydrogen (secondary N) is 1. The van der Waals surface area contributed by atoms with Crippen LogP contribution in [0.3, 0.4) is 0 Å². The van der Waals surface area contributed by atoms with Gasteiger partial charge in [-0.3, -0.25) is 4.79 Å². The standard InChI is InChI=1S/C20H22N2O7S/c1-26-17-5-3-15(13-19(17)30(24,25)22-6-8-27-9-7-22)21-20(23)14-2-4-16-18(12-14)29-11-10-28-16/h2-5,12-13H,6-11H2,1H3,(H,21,23). The summed E-state index contributed by atoms with van der Waals surface area (Å²) in [4.78, 5) is 12.7. The summed E-state index contributed by atoms with van der Waals surface area (Å²) in [6.07, 6.45) is 0. The summed E-state index contributed by atoms with van der Waals surface area (Å²) in [5.41, 5.74) is 0.704. The van der Waals surface area contributed by atoms with Crippen molar-refractivity contribution in [2.75, 3.05) is 51.9 Å². The summed E-state index contributed by atoms with van der Waals surface area (Å²) in [7, 11) is -2.40. The Morgan fingerprint density at radius 1 is 1.00 bits per heavy atom. The zero-order chi connectivity index (χ0) is 21.1. The molecular weight excluding hydrogens is 412 g/mol. The van der Waals surface area contributed by atoms with Gasteiger partial charge in [-0.1, -0.05) is 0 Å². The molecule has 2 aliphatic rings. The van der Waals surface area contributed by atoms with Gasteiger partial charge in [-0.15, -0.1) is 0 Å². The zero-order valence-electron chi connectivity index (χ0n) is 16.4. The van der Waals surface area contributed by atoms with Gasteiger partial charge in [0.25, 0.3) is 5.91 Å². The number of rotatable bonds is 5. The number of carbonyl (C=O) groups is 1. The minimum absolute atomic E-state index is 0.00752. The van der Waals surface area contributed by atoms with Crippen LogP contribution in [0.25, 0.3) is 0 Å². The van der Waals surface area contributed by atoms with Crippen molar-refractivity contribution in [1.82, 2.24) is 4.31 Å². The third-order valence-corrected chi connectivity index (χ3v) is 6.73. The maximum absolute atomic E-state index is 13.1. The number of sulfonamides is 1. The van der Waals surface area contributed by atoms with E-state index in [-0.39, 0.29) is 23.7 Å². The Hall–Kier alpha value is -2.82. The molecular formula is C20H22N2O7S. The number of amides is 1. The Morgan fingerprint density at radius 3 is 2.47 bits per heavy atom. The number of ether oxygens (including phenoxy) is 4. The highest BCUT2D eigenvalue weighted by molar-refractivity contribution is 7.89. The fraction of sp³-hybridized carbons (Fsp3) is 0.350. The molecule has 0 atom stereocenters. The van der Waals surface area contributed by atoms with E-state index in [0.29, 0.717) is 49.2 Å². The molecule has 30 heavy (non-hydrogen) atoms. The van der Waals surface area contributed by atoms with Crippen molar-refractivity contribution >= 4 is 21.6 Å². The lowest BCUT2D eigenvalue weighted by atomic mass is 10.1. The molecule has 0 unspecified atom stereocenters. The van der Waals surface area contributed by atoms with Crippen molar-refractivity contribution in [2.45, 2.75) is 4.90 Å². The molecule has 160 valence electrons. The maximum Gasteiger partial charge on any atom is 0.255 e. The Kier molecular flexibility index (Phi) is 5.80. The number of hydrogen-bond acceptors (Lipinski definition) is 7. The summed E-state index contributed by atoms with van der Waals surface area (Å²) in [5, 5.41) is 2.73. The number of nitrogens with zero attached hydrogens (tertiary/aromatic N) is 1. The molecule has 2 heterocycles. The Balaban J connectivity index is 1.59. The predicted octanol–water partition coefficient (Wildman–Crippen LogP) is 1.74. The smallest absolute Gasteiger partial charge is 0.255 e. The third-order valence-electron chi connectivity index (χ3n) is 4.81. The fourth-order valence-corrected chi connectivity index (χ4v) is 4.86. The number of fused-ring (bicyclic) bond motifs is 1. The van der Waals surface area contributed by atoms with Crippen LogP contribution in [-0.4, -0.2) is 65.3 Å². The van der Waals surface area contributed by atoms with Crippen LogP contribution in [0.4, 0.5) is 5.69 Å². The van der Waals surface area contributed by atoms with E-state index in [0.717, 1.165) is 0 Å².